The number of amides is 2. The molecule has 0 aliphatic carbocycles. The topological polar surface area (TPSA) is 89.9 Å². The van der Waals surface area contributed by atoms with Gasteiger partial charge in [0.1, 0.15) is 6.54 Å². The number of carbonyl (C=O) groups excluding carboxylic acids is 2. The summed E-state index contributed by atoms with van der Waals surface area (Å²) in [7, 11) is 1.77. The van der Waals surface area contributed by atoms with Gasteiger partial charge in [0.05, 0.1) is 6.04 Å². The van der Waals surface area contributed by atoms with Crippen LogP contribution in [0.25, 0.3) is 0 Å². The maximum Gasteiger partial charge on any atom is 0.244 e. The quantitative estimate of drug-likeness (QED) is 0.299. The number of benzene rings is 1. The second-order valence-corrected chi connectivity index (χ2v) is 7.47. The highest BCUT2D eigenvalue weighted by atomic mass is 127. The molecule has 1 aliphatic heterocycles. The molecule has 1 fully saturated rings. The number of likely N-dealkylation sites (N-methyl/N-ethyl adjacent to an activating group) is 1. The molecule has 2 N–H and O–H groups in total. The predicted octanol–water partition coefficient (Wildman–Crippen LogP) is 2.06. The van der Waals surface area contributed by atoms with Gasteiger partial charge in [-0.25, -0.2) is 4.99 Å². The maximum atomic E-state index is 12.5. The molecule has 32 heavy (non-hydrogen) atoms. The average molecular weight is 550 g/mol. The van der Waals surface area contributed by atoms with Crippen molar-refractivity contribution in [2.75, 3.05) is 38.1 Å². The van der Waals surface area contributed by atoms with Crippen LogP contribution in [0.4, 0.5) is 5.69 Å². The van der Waals surface area contributed by atoms with Gasteiger partial charge in [-0.15, -0.1) is 24.0 Å². The normalized spacial score (nSPS) is 15.8. The Morgan fingerprint density at radius 3 is 2.66 bits per heavy atom. The highest BCUT2D eigenvalue weighted by molar-refractivity contribution is 14.0. The molecule has 2 aromatic rings. The second kappa shape index (κ2) is 13.0. The van der Waals surface area contributed by atoms with Gasteiger partial charge in [0.25, 0.3) is 0 Å². The third kappa shape index (κ3) is 7.47. The van der Waals surface area contributed by atoms with Crippen LogP contribution in [0.3, 0.4) is 0 Å². The first-order valence-corrected chi connectivity index (χ1v) is 10.6. The first-order valence-electron chi connectivity index (χ1n) is 10.6. The van der Waals surface area contributed by atoms with E-state index in [0.29, 0.717) is 38.4 Å². The van der Waals surface area contributed by atoms with Crippen LogP contribution in [0.1, 0.15) is 19.0 Å². The van der Waals surface area contributed by atoms with Crippen LogP contribution in [0, 0.1) is 0 Å². The molecule has 2 heterocycles. The number of rotatable bonds is 8. The van der Waals surface area contributed by atoms with E-state index in [9.17, 15) is 9.59 Å². The SMILES string of the molecule is CCNC(=NCC(=O)N(C)CCc1ccccn1)NC1CC(=O)N(c2ccccc2)C1.I. The van der Waals surface area contributed by atoms with Crippen LogP contribution in [-0.2, 0) is 16.0 Å². The summed E-state index contributed by atoms with van der Waals surface area (Å²) in [6, 6.07) is 15.3. The van der Waals surface area contributed by atoms with Gasteiger partial charge < -0.3 is 20.4 Å². The van der Waals surface area contributed by atoms with Crippen LogP contribution in [0.2, 0.25) is 0 Å². The zero-order valence-electron chi connectivity index (χ0n) is 18.5. The predicted molar refractivity (Wildman–Crippen MR) is 137 cm³/mol. The molecular formula is C23H31IN6O2. The molecule has 1 unspecified atom stereocenters. The number of guanidine groups is 1. The van der Waals surface area contributed by atoms with E-state index in [4.69, 9.17) is 0 Å². The van der Waals surface area contributed by atoms with Crippen molar-refractivity contribution < 1.29 is 9.59 Å². The van der Waals surface area contributed by atoms with Crippen LogP contribution in [0.5, 0.6) is 0 Å². The van der Waals surface area contributed by atoms with Crippen molar-refractivity contribution in [3.8, 4) is 0 Å². The molecule has 3 rings (SSSR count). The third-order valence-corrected chi connectivity index (χ3v) is 5.11. The van der Waals surface area contributed by atoms with E-state index in [1.165, 1.54) is 0 Å². The van der Waals surface area contributed by atoms with Crippen molar-refractivity contribution >= 4 is 47.4 Å². The van der Waals surface area contributed by atoms with E-state index in [0.717, 1.165) is 11.4 Å². The van der Waals surface area contributed by atoms with Gasteiger partial charge in [-0.1, -0.05) is 24.3 Å². The fraction of sp³-hybridized carbons (Fsp3) is 0.391. The molecule has 0 spiro atoms. The number of anilines is 1. The van der Waals surface area contributed by atoms with Gasteiger partial charge in [-0.05, 0) is 31.2 Å². The van der Waals surface area contributed by atoms with Crippen molar-refractivity contribution in [2.45, 2.75) is 25.8 Å². The van der Waals surface area contributed by atoms with Gasteiger partial charge in [-0.3, -0.25) is 14.6 Å². The van der Waals surface area contributed by atoms with E-state index < -0.39 is 0 Å². The smallest absolute Gasteiger partial charge is 0.244 e. The van der Waals surface area contributed by atoms with Gasteiger partial charge in [-0.2, -0.15) is 0 Å². The number of hydrogen-bond donors (Lipinski definition) is 2. The van der Waals surface area contributed by atoms with Gasteiger partial charge in [0, 0.05) is 57.1 Å². The molecule has 1 saturated heterocycles. The third-order valence-electron chi connectivity index (χ3n) is 5.11. The Balaban J connectivity index is 0.00000363. The van der Waals surface area contributed by atoms with Crippen LogP contribution >= 0.6 is 24.0 Å². The van der Waals surface area contributed by atoms with Crippen molar-refractivity contribution in [1.29, 1.82) is 0 Å². The van der Waals surface area contributed by atoms with Crippen molar-refractivity contribution in [3.05, 3.63) is 60.4 Å². The number of pyridine rings is 1. The van der Waals surface area contributed by atoms with Crippen molar-refractivity contribution in [2.24, 2.45) is 4.99 Å². The number of aliphatic imine (C=N–C) groups is 1. The van der Waals surface area contributed by atoms with E-state index in [2.05, 4.69) is 20.6 Å². The van der Waals surface area contributed by atoms with E-state index >= 15 is 0 Å². The average Bonchev–Trinajstić information content (AvgIpc) is 3.17. The Hall–Kier alpha value is -2.69. The van der Waals surface area contributed by atoms with Crippen molar-refractivity contribution in [3.63, 3.8) is 0 Å². The van der Waals surface area contributed by atoms with Crippen LogP contribution < -0.4 is 15.5 Å². The van der Waals surface area contributed by atoms with E-state index in [1.807, 2.05) is 55.5 Å². The lowest BCUT2D eigenvalue weighted by Crippen LogP contribution is -2.45. The molecular weight excluding hydrogens is 519 g/mol. The molecule has 1 aromatic carbocycles. The first-order chi connectivity index (χ1) is 15.1. The molecule has 172 valence electrons. The number of para-hydroxylation sites is 1. The molecule has 9 heteroatoms. The molecule has 8 nitrogen and oxygen atoms in total. The highest BCUT2D eigenvalue weighted by Crippen LogP contribution is 2.20. The number of aromatic nitrogens is 1. The van der Waals surface area contributed by atoms with Crippen molar-refractivity contribution in [1.82, 2.24) is 20.5 Å². The van der Waals surface area contributed by atoms with Gasteiger partial charge in [0.15, 0.2) is 5.96 Å². The first kappa shape index (κ1) is 25.6. The minimum atomic E-state index is -0.0680. The lowest BCUT2D eigenvalue weighted by molar-refractivity contribution is -0.128. The Kier molecular flexibility index (Phi) is 10.4. The largest absolute Gasteiger partial charge is 0.357 e. The summed E-state index contributed by atoms with van der Waals surface area (Å²) >= 11 is 0. The fourth-order valence-electron chi connectivity index (χ4n) is 3.40. The zero-order valence-corrected chi connectivity index (χ0v) is 20.9. The Labute approximate surface area is 206 Å². The lowest BCUT2D eigenvalue weighted by Gasteiger charge is -2.19. The fourth-order valence-corrected chi connectivity index (χ4v) is 3.40. The highest BCUT2D eigenvalue weighted by Gasteiger charge is 2.31. The number of nitrogens with zero attached hydrogens (tertiary/aromatic N) is 4. The number of hydrogen-bond acceptors (Lipinski definition) is 4. The molecule has 2 amide bonds. The minimum absolute atomic E-state index is 0. The van der Waals surface area contributed by atoms with Gasteiger partial charge in [0.2, 0.25) is 11.8 Å². The molecule has 1 aliphatic rings. The standard InChI is InChI=1S/C23H30N6O2.HI/c1-3-24-23(26-16-22(31)28(2)14-12-18-9-7-8-13-25-18)27-19-15-21(30)29(17-19)20-10-5-4-6-11-20;/h4-11,13,19H,3,12,14-17H2,1-2H3,(H2,24,26,27);1H. The van der Waals surface area contributed by atoms with Gasteiger partial charge >= 0.3 is 0 Å². The summed E-state index contributed by atoms with van der Waals surface area (Å²) in [6.07, 6.45) is 2.84. The monoisotopic (exact) mass is 550 g/mol. The Morgan fingerprint density at radius 2 is 1.97 bits per heavy atom. The summed E-state index contributed by atoms with van der Waals surface area (Å²) < 4.78 is 0. The summed E-state index contributed by atoms with van der Waals surface area (Å²) in [5, 5.41) is 6.45. The maximum absolute atomic E-state index is 12.5. The lowest BCUT2D eigenvalue weighted by atomic mass is 10.2. The second-order valence-electron chi connectivity index (χ2n) is 7.47. The molecule has 0 saturated carbocycles. The molecule has 0 bridgehead atoms. The number of halogens is 1. The summed E-state index contributed by atoms with van der Waals surface area (Å²) in [4.78, 5) is 37.1. The number of nitrogens with one attached hydrogen (secondary N) is 2. The summed E-state index contributed by atoms with van der Waals surface area (Å²) in [5.41, 5.74) is 1.85. The molecule has 0 radical (unpaired) electrons. The van der Waals surface area contributed by atoms with E-state index in [-0.39, 0.29) is 48.4 Å². The summed E-state index contributed by atoms with van der Waals surface area (Å²) in [5.74, 6) is 0.549. The summed E-state index contributed by atoms with van der Waals surface area (Å²) in [6.45, 7) is 3.81. The number of carbonyl (C=O) groups is 2. The Bertz CT molecular complexity index is 894. The zero-order chi connectivity index (χ0) is 22.1. The van der Waals surface area contributed by atoms with Crippen LogP contribution in [-0.4, -0.2) is 66.9 Å². The van der Waals surface area contributed by atoms with E-state index in [1.54, 1.807) is 23.0 Å². The van der Waals surface area contributed by atoms with Crippen LogP contribution in [0.15, 0.2) is 59.7 Å². The minimum Gasteiger partial charge on any atom is -0.357 e. The molecule has 1 atom stereocenters. The molecule has 1 aromatic heterocycles. The Morgan fingerprint density at radius 1 is 1.22 bits per heavy atom.